The molecule has 0 amide bonds. The molecule has 4 nitrogen and oxygen atoms in total. The fourth-order valence-corrected chi connectivity index (χ4v) is 3.28. The van der Waals surface area contributed by atoms with Gasteiger partial charge in [-0.25, -0.2) is 9.66 Å². The predicted octanol–water partition coefficient (Wildman–Crippen LogP) is 5.53. The van der Waals surface area contributed by atoms with Gasteiger partial charge in [-0.3, -0.25) is 0 Å². The predicted molar refractivity (Wildman–Crippen MR) is 113 cm³/mol. The van der Waals surface area contributed by atoms with Crippen LogP contribution in [0.25, 0.3) is 11.0 Å². The first-order valence-electron chi connectivity index (χ1n) is 9.35. The fraction of sp³-hybridized carbons (Fsp3) is 0.391. The number of nitrogens with zero attached hydrogens (tertiary/aromatic N) is 3. The van der Waals surface area contributed by atoms with E-state index in [4.69, 9.17) is 0 Å². The second kappa shape index (κ2) is 6.52. The van der Waals surface area contributed by atoms with E-state index in [1.54, 1.807) is 0 Å². The lowest BCUT2D eigenvalue weighted by Crippen LogP contribution is -2.18. The number of fused-ring (bicyclic) bond motifs is 1. The van der Waals surface area contributed by atoms with E-state index < -0.39 is 0 Å². The Labute approximate surface area is 161 Å². The Bertz CT molecular complexity index is 979. The monoisotopic (exact) mass is 363 g/mol. The van der Waals surface area contributed by atoms with E-state index >= 15 is 0 Å². The van der Waals surface area contributed by atoms with Crippen molar-refractivity contribution in [3.8, 4) is 5.75 Å². The van der Waals surface area contributed by atoms with Gasteiger partial charge in [0.2, 0.25) is 0 Å². The molecular weight excluding hydrogens is 334 g/mol. The molecule has 4 heteroatoms. The highest BCUT2D eigenvalue weighted by Gasteiger charge is 2.26. The summed E-state index contributed by atoms with van der Waals surface area (Å²) in [5.41, 5.74) is 4.43. The summed E-state index contributed by atoms with van der Waals surface area (Å²) in [5.74, 6) is 1.23. The van der Waals surface area contributed by atoms with Crippen LogP contribution < -0.4 is 0 Å². The lowest BCUT2D eigenvalue weighted by atomic mass is 9.78. The number of hydrogen-bond donors (Lipinski definition) is 1. The van der Waals surface area contributed by atoms with Crippen molar-refractivity contribution in [2.24, 2.45) is 5.10 Å². The van der Waals surface area contributed by atoms with Crippen LogP contribution in [0.2, 0.25) is 0 Å². The molecule has 0 unspecified atom stereocenters. The van der Waals surface area contributed by atoms with Crippen LogP contribution in [0, 0.1) is 6.92 Å². The van der Waals surface area contributed by atoms with Crippen molar-refractivity contribution in [2.45, 2.75) is 59.3 Å². The lowest BCUT2D eigenvalue weighted by Gasteiger charge is -2.27. The van der Waals surface area contributed by atoms with Crippen molar-refractivity contribution in [3.05, 3.63) is 58.9 Å². The first-order chi connectivity index (χ1) is 12.5. The average molecular weight is 364 g/mol. The van der Waals surface area contributed by atoms with Gasteiger partial charge in [0.25, 0.3) is 0 Å². The normalized spacial score (nSPS) is 13.0. The largest absolute Gasteiger partial charge is 0.507 e. The summed E-state index contributed by atoms with van der Waals surface area (Å²) < 4.78 is 1.86. The third-order valence-electron chi connectivity index (χ3n) is 4.77. The average Bonchev–Trinajstić information content (AvgIpc) is 2.87. The molecule has 1 N–H and O–H groups in total. The molecule has 0 saturated heterocycles. The highest BCUT2D eigenvalue weighted by molar-refractivity contribution is 5.83. The fourth-order valence-electron chi connectivity index (χ4n) is 3.28. The number of imidazole rings is 1. The number of phenols is 1. The van der Waals surface area contributed by atoms with Gasteiger partial charge in [0.1, 0.15) is 11.6 Å². The number of aromatic nitrogens is 2. The van der Waals surface area contributed by atoms with Crippen molar-refractivity contribution in [2.75, 3.05) is 0 Å². The number of benzene rings is 2. The van der Waals surface area contributed by atoms with E-state index in [9.17, 15) is 5.11 Å². The molecule has 0 atom stereocenters. The van der Waals surface area contributed by atoms with Crippen molar-refractivity contribution in [3.63, 3.8) is 0 Å². The quantitative estimate of drug-likeness (QED) is 0.609. The number of hydrogen-bond acceptors (Lipinski definition) is 3. The summed E-state index contributed by atoms with van der Waals surface area (Å²) in [6.45, 7) is 14.6. The minimum absolute atomic E-state index is 0.161. The van der Waals surface area contributed by atoms with Gasteiger partial charge in [-0.2, -0.15) is 5.10 Å². The zero-order valence-corrected chi connectivity index (χ0v) is 17.3. The summed E-state index contributed by atoms with van der Waals surface area (Å²) >= 11 is 0. The zero-order chi connectivity index (χ0) is 20.0. The summed E-state index contributed by atoms with van der Waals surface area (Å²) in [7, 11) is 0. The number of aryl methyl sites for hydroxylation is 1. The van der Waals surface area contributed by atoms with E-state index in [1.807, 2.05) is 54.2 Å². The van der Waals surface area contributed by atoms with E-state index in [-0.39, 0.29) is 10.8 Å². The van der Waals surface area contributed by atoms with Gasteiger partial charge in [0, 0.05) is 11.1 Å². The Morgan fingerprint density at radius 3 is 2.07 bits per heavy atom. The number of aromatic hydroxyl groups is 1. The van der Waals surface area contributed by atoms with Gasteiger partial charge < -0.3 is 5.11 Å². The van der Waals surface area contributed by atoms with Crippen molar-refractivity contribution in [1.82, 2.24) is 9.66 Å². The molecule has 142 valence electrons. The number of phenolic OH excluding ortho intramolecular Hbond substituents is 1. The third-order valence-corrected chi connectivity index (χ3v) is 4.77. The van der Waals surface area contributed by atoms with Crippen LogP contribution in [0.3, 0.4) is 0 Å². The number of para-hydroxylation sites is 2. The Balaban J connectivity index is 2.14. The minimum atomic E-state index is -0.161. The van der Waals surface area contributed by atoms with Crippen LogP contribution in [0.5, 0.6) is 5.75 Å². The maximum Gasteiger partial charge on any atom is 0.128 e. The molecule has 1 aromatic heterocycles. The molecule has 0 aliphatic rings. The van der Waals surface area contributed by atoms with Crippen LogP contribution in [0.1, 0.15) is 64.1 Å². The number of rotatable bonds is 2. The van der Waals surface area contributed by atoms with Gasteiger partial charge in [0.05, 0.1) is 17.2 Å². The molecule has 27 heavy (non-hydrogen) atoms. The molecule has 0 spiro atoms. The summed E-state index contributed by atoms with van der Waals surface area (Å²) in [6, 6.07) is 12.0. The maximum absolute atomic E-state index is 10.9. The smallest absolute Gasteiger partial charge is 0.128 e. The minimum Gasteiger partial charge on any atom is -0.507 e. The maximum atomic E-state index is 10.9. The lowest BCUT2D eigenvalue weighted by molar-refractivity contribution is 0.423. The molecule has 0 bridgehead atoms. The van der Waals surface area contributed by atoms with Crippen LogP contribution in [0.4, 0.5) is 0 Å². The van der Waals surface area contributed by atoms with Gasteiger partial charge in [0.15, 0.2) is 0 Å². The molecule has 3 aromatic rings. The van der Waals surface area contributed by atoms with Crippen molar-refractivity contribution < 1.29 is 5.11 Å². The molecule has 0 radical (unpaired) electrons. The molecular formula is C23H29N3O. The van der Waals surface area contributed by atoms with Crippen LogP contribution >= 0.6 is 0 Å². The van der Waals surface area contributed by atoms with Gasteiger partial charge in [-0.05, 0) is 47.6 Å². The highest BCUT2D eigenvalue weighted by atomic mass is 16.3. The second-order valence-electron chi connectivity index (χ2n) is 9.17. The van der Waals surface area contributed by atoms with Crippen molar-refractivity contribution >= 4 is 17.2 Å². The topological polar surface area (TPSA) is 50.4 Å². The van der Waals surface area contributed by atoms with Gasteiger partial charge in [-0.15, -0.1) is 0 Å². The molecule has 2 aromatic carbocycles. The van der Waals surface area contributed by atoms with Gasteiger partial charge in [-0.1, -0.05) is 53.7 Å². The molecule has 3 rings (SSSR count). The molecule has 0 fully saturated rings. The van der Waals surface area contributed by atoms with Gasteiger partial charge >= 0.3 is 0 Å². The summed E-state index contributed by atoms with van der Waals surface area (Å²) in [6.07, 6.45) is 1.85. The standard InChI is InChI=1S/C23H29N3O/c1-15-25-19-10-8-9-11-20(19)26(15)24-14-16-12-17(22(2,3)4)21(27)18(13-16)23(5,6)7/h8-14,27H,1-7H3. The third kappa shape index (κ3) is 3.75. The Kier molecular flexibility index (Phi) is 4.62. The van der Waals surface area contributed by atoms with Crippen LogP contribution in [-0.2, 0) is 10.8 Å². The van der Waals surface area contributed by atoms with E-state index in [0.717, 1.165) is 33.5 Å². The first kappa shape index (κ1) is 19.2. The van der Waals surface area contributed by atoms with E-state index in [2.05, 4.69) is 51.6 Å². The highest BCUT2D eigenvalue weighted by Crippen LogP contribution is 2.39. The summed E-state index contributed by atoms with van der Waals surface area (Å²) in [5, 5.41) is 15.6. The SMILES string of the molecule is Cc1nc2ccccc2n1N=Cc1cc(C(C)(C)C)c(O)c(C(C)(C)C)c1. The Morgan fingerprint density at radius 1 is 0.963 bits per heavy atom. The summed E-state index contributed by atoms with van der Waals surface area (Å²) in [4.78, 5) is 4.56. The van der Waals surface area contributed by atoms with E-state index in [1.165, 1.54) is 0 Å². The Morgan fingerprint density at radius 2 is 1.52 bits per heavy atom. The zero-order valence-electron chi connectivity index (χ0n) is 17.3. The molecule has 0 aliphatic heterocycles. The molecule has 1 heterocycles. The van der Waals surface area contributed by atoms with E-state index in [0.29, 0.717) is 5.75 Å². The van der Waals surface area contributed by atoms with Crippen LogP contribution in [0.15, 0.2) is 41.5 Å². The Hall–Kier alpha value is -2.62. The second-order valence-corrected chi connectivity index (χ2v) is 9.17. The first-order valence-corrected chi connectivity index (χ1v) is 9.35. The molecule has 0 saturated carbocycles. The van der Waals surface area contributed by atoms with Crippen LogP contribution in [-0.4, -0.2) is 21.0 Å². The van der Waals surface area contributed by atoms with Crippen molar-refractivity contribution in [1.29, 1.82) is 0 Å². The molecule has 0 aliphatic carbocycles.